The Morgan fingerprint density at radius 3 is 2.22 bits per heavy atom. The van der Waals surface area contributed by atoms with Crippen molar-refractivity contribution < 1.29 is 15.0 Å². The average molecular weight is 151 g/mol. The second-order valence-corrected chi connectivity index (χ2v) is 2.00. The van der Waals surface area contributed by atoms with Crippen molar-refractivity contribution in [3.05, 3.63) is 0 Å². The lowest BCUT2D eigenvalue weighted by Crippen LogP contribution is -2.38. The average Bonchev–Trinajstić information content (AvgIpc) is 1.84. The molecule has 2 atom stereocenters. The van der Waals surface area contributed by atoms with Crippen molar-refractivity contribution in [3.8, 4) is 0 Å². The molecule has 1 amide bonds. The van der Waals surface area contributed by atoms with Crippen molar-refractivity contribution in [3.63, 3.8) is 0 Å². The summed E-state index contributed by atoms with van der Waals surface area (Å²) in [5, 5.41) is 19.3. The summed E-state index contributed by atoms with van der Waals surface area (Å²) in [7, 11) is 1.36. The smallest absolute Gasteiger partial charge is 0.252 e. The third kappa shape index (κ3) is 2.69. The van der Waals surface area contributed by atoms with Crippen LogP contribution < -0.4 is 5.32 Å². The van der Waals surface area contributed by atoms with Crippen LogP contribution in [0.4, 0.5) is 0 Å². The van der Waals surface area contributed by atoms with E-state index in [2.05, 4.69) is 17.9 Å². The van der Waals surface area contributed by atoms with Gasteiger partial charge in [0.05, 0.1) is 0 Å². The molecule has 0 aliphatic carbocycles. The number of carbonyl (C=O) groups excluding carboxylic acids is 1. The van der Waals surface area contributed by atoms with Gasteiger partial charge in [-0.3, -0.25) is 4.79 Å². The highest BCUT2D eigenvalue weighted by Crippen LogP contribution is 1.96. The van der Waals surface area contributed by atoms with Gasteiger partial charge in [-0.05, 0) is 0 Å². The van der Waals surface area contributed by atoms with E-state index in [0.717, 1.165) is 0 Å². The van der Waals surface area contributed by atoms with E-state index in [0.29, 0.717) is 0 Å². The number of rotatable bonds is 2. The van der Waals surface area contributed by atoms with Crippen LogP contribution in [0.5, 0.6) is 0 Å². The fourth-order valence-corrected chi connectivity index (χ4v) is 0.419. The molecule has 0 aromatic heterocycles. The van der Waals surface area contributed by atoms with Crippen molar-refractivity contribution in [1.29, 1.82) is 0 Å². The first kappa shape index (κ1) is 8.74. The zero-order valence-corrected chi connectivity index (χ0v) is 5.80. The predicted molar refractivity (Wildman–Crippen MR) is 35.1 cm³/mol. The summed E-state index contributed by atoms with van der Waals surface area (Å²) < 4.78 is 0. The second kappa shape index (κ2) is 3.71. The topological polar surface area (TPSA) is 69.6 Å². The van der Waals surface area contributed by atoms with Gasteiger partial charge in [0.15, 0.2) is 6.10 Å². The number of aliphatic hydroxyl groups is 2. The molecule has 0 spiro atoms. The fraction of sp³-hybridized carbons (Fsp3) is 0.750. The Morgan fingerprint density at radius 2 is 2.11 bits per heavy atom. The normalized spacial score (nSPS) is 16.4. The molecular weight excluding hydrogens is 142 g/mol. The zero-order chi connectivity index (χ0) is 7.44. The Labute approximate surface area is 58.3 Å². The molecule has 9 heavy (non-hydrogen) atoms. The van der Waals surface area contributed by atoms with Gasteiger partial charge in [0.2, 0.25) is 0 Å². The molecule has 0 heterocycles. The van der Waals surface area contributed by atoms with E-state index in [4.69, 9.17) is 10.2 Å². The van der Waals surface area contributed by atoms with Crippen LogP contribution in [0.1, 0.15) is 0 Å². The van der Waals surface area contributed by atoms with Crippen molar-refractivity contribution in [1.82, 2.24) is 5.32 Å². The first-order chi connectivity index (χ1) is 4.09. The summed E-state index contributed by atoms with van der Waals surface area (Å²) in [4.78, 5) is 10.4. The molecule has 3 N–H and O–H groups in total. The van der Waals surface area contributed by atoms with Gasteiger partial charge in [-0.25, -0.2) is 0 Å². The summed E-state index contributed by atoms with van der Waals surface area (Å²) >= 11 is 3.43. The standard InChI is InChI=1S/C4H9NO3S/c1-5-3(7)2(6)4(8)9/h2,4,6,8-9H,1H3,(H,5,7)/t2-,4-/m0/s1. The largest absolute Gasteiger partial charge is 0.380 e. The third-order valence-corrected chi connectivity index (χ3v) is 1.08. The Morgan fingerprint density at radius 1 is 1.67 bits per heavy atom. The van der Waals surface area contributed by atoms with Gasteiger partial charge in [0.1, 0.15) is 5.44 Å². The maximum atomic E-state index is 10.4. The number of hydrogen-bond donors (Lipinski definition) is 4. The van der Waals surface area contributed by atoms with E-state index in [1.165, 1.54) is 7.05 Å². The van der Waals surface area contributed by atoms with Crippen LogP contribution in [0, 0.1) is 0 Å². The van der Waals surface area contributed by atoms with Gasteiger partial charge in [-0.15, -0.1) is 12.6 Å². The predicted octanol–water partition coefficient (Wildman–Crippen LogP) is -1.66. The van der Waals surface area contributed by atoms with E-state index in [1.807, 2.05) is 0 Å². The third-order valence-electron chi connectivity index (χ3n) is 0.797. The first-order valence-corrected chi connectivity index (χ1v) is 2.87. The molecule has 0 rings (SSSR count). The van der Waals surface area contributed by atoms with Crippen molar-refractivity contribution in [2.75, 3.05) is 7.05 Å². The minimum atomic E-state index is -1.45. The van der Waals surface area contributed by atoms with E-state index >= 15 is 0 Å². The SMILES string of the molecule is CNC(=O)[C@H](O)[C@@H](O)S. The number of thiol groups is 1. The maximum Gasteiger partial charge on any atom is 0.252 e. The van der Waals surface area contributed by atoms with Crippen LogP contribution in [0.15, 0.2) is 0 Å². The Kier molecular flexibility index (Phi) is 3.60. The lowest BCUT2D eigenvalue weighted by Gasteiger charge is -2.09. The molecule has 4 nitrogen and oxygen atoms in total. The first-order valence-electron chi connectivity index (χ1n) is 2.35. The molecule has 0 fully saturated rings. The second-order valence-electron chi connectivity index (χ2n) is 1.47. The molecule has 0 saturated heterocycles. The highest BCUT2D eigenvalue weighted by Gasteiger charge is 2.18. The molecule has 5 heteroatoms. The lowest BCUT2D eigenvalue weighted by molar-refractivity contribution is -0.131. The molecule has 54 valence electrons. The maximum absolute atomic E-state index is 10.4. The molecule has 0 unspecified atom stereocenters. The molecule has 0 aromatic carbocycles. The van der Waals surface area contributed by atoms with E-state index in [9.17, 15) is 4.79 Å². The van der Waals surface area contributed by atoms with Gasteiger partial charge in [0, 0.05) is 7.05 Å². The van der Waals surface area contributed by atoms with Crippen LogP contribution >= 0.6 is 12.6 Å². The van der Waals surface area contributed by atoms with Crippen LogP contribution in [0.2, 0.25) is 0 Å². The summed E-state index contributed by atoms with van der Waals surface area (Å²) in [6.07, 6.45) is -1.45. The van der Waals surface area contributed by atoms with Gasteiger partial charge in [0.25, 0.3) is 5.91 Å². The van der Waals surface area contributed by atoms with Gasteiger partial charge in [-0.2, -0.15) is 0 Å². The van der Waals surface area contributed by atoms with Crippen LogP contribution in [0.25, 0.3) is 0 Å². The Hall–Kier alpha value is -0.260. The number of hydrogen-bond acceptors (Lipinski definition) is 4. The number of nitrogens with one attached hydrogen (secondary N) is 1. The Bertz CT molecular complexity index is 106. The number of amides is 1. The zero-order valence-electron chi connectivity index (χ0n) is 4.90. The number of likely N-dealkylation sites (N-methyl/N-ethyl adjacent to an activating group) is 1. The fourth-order valence-electron chi connectivity index (χ4n) is 0.283. The highest BCUT2D eigenvalue weighted by atomic mass is 32.1. The van der Waals surface area contributed by atoms with Gasteiger partial charge < -0.3 is 15.5 Å². The summed E-state index contributed by atoms with van der Waals surface area (Å²) in [6.45, 7) is 0. The van der Waals surface area contributed by atoms with Crippen LogP contribution in [-0.4, -0.2) is 34.7 Å². The molecule has 0 saturated carbocycles. The lowest BCUT2D eigenvalue weighted by atomic mass is 10.3. The van der Waals surface area contributed by atoms with Gasteiger partial charge in [-0.1, -0.05) is 0 Å². The van der Waals surface area contributed by atoms with Crippen molar-refractivity contribution in [2.45, 2.75) is 11.5 Å². The van der Waals surface area contributed by atoms with E-state index in [1.54, 1.807) is 0 Å². The highest BCUT2D eigenvalue weighted by molar-refractivity contribution is 7.80. The molecule has 0 bridgehead atoms. The molecule has 0 aliphatic heterocycles. The summed E-state index contributed by atoms with van der Waals surface area (Å²) in [5.41, 5.74) is -1.31. The summed E-state index contributed by atoms with van der Waals surface area (Å²) in [5.74, 6) is -0.641. The van der Waals surface area contributed by atoms with Crippen LogP contribution in [-0.2, 0) is 4.79 Å². The van der Waals surface area contributed by atoms with Crippen molar-refractivity contribution in [2.24, 2.45) is 0 Å². The van der Waals surface area contributed by atoms with Gasteiger partial charge >= 0.3 is 0 Å². The molecule has 0 aliphatic rings. The summed E-state index contributed by atoms with van der Waals surface area (Å²) in [6, 6.07) is 0. The quantitative estimate of drug-likeness (QED) is 0.282. The minimum absolute atomic E-state index is 0.641. The molecule has 0 aromatic rings. The number of aliphatic hydroxyl groups excluding tert-OH is 2. The minimum Gasteiger partial charge on any atom is -0.380 e. The molecular formula is C4H9NO3S. The Balaban J connectivity index is 3.72. The van der Waals surface area contributed by atoms with E-state index < -0.39 is 17.4 Å². The van der Waals surface area contributed by atoms with Crippen LogP contribution in [0.3, 0.4) is 0 Å². The van der Waals surface area contributed by atoms with E-state index in [-0.39, 0.29) is 0 Å². The monoisotopic (exact) mass is 151 g/mol. The molecule has 0 radical (unpaired) electrons. The number of carbonyl (C=O) groups is 1. The van der Waals surface area contributed by atoms with Crippen molar-refractivity contribution >= 4 is 18.5 Å².